The van der Waals surface area contributed by atoms with E-state index in [2.05, 4.69) is 71.0 Å². The fourth-order valence-electron chi connectivity index (χ4n) is 4.47. The summed E-state index contributed by atoms with van der Waals surface area (Å²) >= 11 is 3.74. The molecule has 0 radical (unpaired) electrons. The summed E-state index contributed by atoms with van der Waals surface area (Å²) in [6, 6.07) is 12.4. The molecule has 0 bridgehead atoms. The van der Waals surface area contributed by atoms with Crippen molar-refractivity contribution in [3.8, 4) is 5.88 Å². The van der Waals surface area contributed by atoms with Crippen LogP contribution in [0.4, 0.5) is 5.69 Å². The summed E-state index contributed by atoms with van der Waals surface area (Å²) in [6.45, 7) is 7.57. The minimum atomic E-state index is -0.0936. The number of pyridine rings is 1. The van der Waals surface area contributed by atoms with E-state index >= 15 is 0 Å². The standard InChI is InChI=1S/C24H33BrN2O2/c1-5-23(2,3)24(15-10-7-11-16-24)27(29-18-19-12-8-6-9-13-19)20-14-17-26-22(28-4)21(20)25/h6,8-9,12-14,17H,5,7,10-11,15-16,18H2,1-4H3. The molecular weight excluding hydrogens is 428 g/mol. The molecule has 1 aliphatic rings. The second-order valence-corrected chi connectivity index (χ2v) is 9.33. The molecule has 29 heavy (non-hydrogen) atoms. The first kappa shape index (κ1) is 22.1. The molecule has 0 amide bonds. The number of methoxy groups -OCH3 is 1. The zero-order valence-corrected chi connectivity index (χ0v) is 19.7. The Kier molecular flexibility index (Phi) is 7.23. The van der Waals surface area contributed by atoms with Gasteiger partial charge in [-0.1, -0.05) is 70.4 Å². The van der Waals surface area contributed by atoms with Gasteiger partial charge in [0.25, 0.3) is 0 Å². The number of ether oxygens (including phenoxy) is 1. The van der Waals surface area contributed by atoms with Crippen LogP contribution in [-0.4, -0.2) is 17.6 Å². The van der Waals surface area contributed by atoms with Gasteiger partial charge in [-0.15, -0.1) is 0 Å². The van der Waals surface area contributed by atoms with Crippen LogP contribution in [0.3, 0.4) is 0 Å². The fourth-order valence-corrected chi connectivity index (χ4v) is 5.03. The molecule has 5 heteroatoms. The Morgan fingerprint density at radius 2 is 1.79 bits per heavy atom. The molecule has 2 aromatic rings. The minimum absolute atomic E-state index is 0.0834. The SMILES string of the molecule is CCC(C)(C)C1(N(OCc2ccccc2)c2ccnc(OC)c2Br)CCCCC1. The van der Waals surface area contributed by atoms with E-state index in [0.717, 1.165) is 35.0 Å². The van der Waals surface area contributed by atoms with Crippen molar-refractivity contribution in [3.63, 3.8) is 0 Å². The molecule has 0 saturated heterocycles. The van der Waals surface area contributed by atoms with Crippen LogP contribution in [-0.2, 0) is 11.4 Å². The number of rotatable bonds is 8. The highest BCUT2D eigenvalue weighted by molar-refractivity contribution is 9.10. The number of anilines is 1. The average Bonchev–Trinajstić information content (AvgIpc) is 2.76. The van der Waals surface area contributed by atoms with Gasteiger partial charge in [0.1, 0.15) is 4.47 Å². The van der Waals surface area contributed by atoms with E-state index in [-0.39, 0.29) is 11.0 Å². The summed E-state index contributed by atoms with van der Waals surface area (Å²) in [5, 5.41) is 2.19. The van der Waals surface area contributed by atoms with Gasteiger partial charge in [-0.25, -0.2) is 10.0 Å². The molecule has 4 nitrogen and oxygen atoms in total. The number of halogens is 1. The topological polar surface area (TPSA) is 34.6 Å². The first-order valence-electron chi connectivity index (χ1n) is 10.6. The number of benzene rings is 1. The van der Waals surface area contributed by atoms with Crippen molar-refractivity contribution in [2.45, 2.75) is 71.4 Å². The van der Waals surface area contributed by atoms with Crippen LogP contribution < -0.4 is 9.80 Å². The first-order chi connectivity index (χ1) is 13.9. The Morgan fingerprint density at radius 3 is 2.41 bits per heavy atom. The van der Waals surface area contributed by atoms with Crippen LogP contribution in [0.1, 0.15) is 64.9 Å². The molecule has 0 atom stereocenters. The maximum Gasteiger partial charge on any atom is 0.229 e. The van der Waals surface area contributed by atoms with Gasteiger partial charge < -0.3 is 4.74 Å². The lowest BCUT2D eigenvalue weighted by Gasteiger charge is -2.55. The fraction of sp³-hybridized carbons (Fsp3) is 0.542. The van der Waals surface area contributed by atoms with Crippen LogP contribution in [0.2, 0.25) is 0 Å². The van der Waals surface area contributed by atoms with Crippen molar-refractivity contribution in [1.82, 2.24) is 4.98 Å². The third-order valence-corrected chi connectivity index (χ3v) is 7.41. The first-order valence-corrected chi connectivity index (χ1v) is 11.4. The third kappa shape index (κ3) is 4.46. The number of aromatic nitrogens is 1. The normalized spacial score (nSPS) is 16.4. The Balaban J connectivity index is 2.08. The van der Waals surface area contributed by atoms with Gasteiger partial charge in [0, 0.05) is 6.20 Å². The highest BCUT2D eigenvalue weighted by Crippen LogP contribution is 2.51. The van der Waals surface area contributed by atoms with Gasteiger partial charge in [0.2, 0.25) is 5.88 Å². The van der Waals surface area contributed by atoms with Crippen molar-refractivity contribution in [2.75, 3.05) is 12.2 Å². The van der Waals surface area contributed by atoms with Crippen molar-refractivity contribution >= 4 is 21.6 Å². The van der Waals surface area contributed by atoms with Gasteiger partial charge in [0.05, 0.1) is 24.9 Å². The number of nitrogens with zero attached hydrogens (tertiary/aromatic N) is 2. The van der Waals surface area contributed by atoms with Crippen LogP contribution in [0.5, 0.6) is 5.88 Å². The third-order valence-electron chi connectivity index (χ3n) is 6.67. The largest absolute Gasteiger partial charge is 0.480 e. The minimum Gasteiger partial charge on any atom is -0.480 e. The van der Waals surface area contributed by atoms with E-state index in [0.29, 0.717) is 12.5 Å². The summed E-state index contributed by atoms with van der Waals surface area (Å²) in [5.74, 6) is 0.580. The van der Waals surface area contributed by atoms with Crippen LogP contribution >= 0.6 is 15.9 Å². The zero-order chi connectivity index (χ0) is 20.9. The summed E-state index contributed by atoms with van der Waals surface area (Å²) < 4.78 is 6.33. The number of hydrogen-bond acceptors (Lipinski definition) is 4. The van der Waals surface area contributed by atoms with Crippen LogP contribution in [0, 0.1) is 5.41 Å². The van der Waals surface area contributed by atoms with Crippen molar-refractivity contribution in [2.24, 2.45) is 5.41 Å². The van der Waals surface area contributed by atoms with Crippen LogP contribution in [0.15, 0.2) is 47.1 Å². The van der Waals surface area contributed by atoms with E-state index in [1.165, 1.54) is 19.3 Å². The quantitative estimate of drug-likeness (QED) is 0.399. The van der Waals surface area contributed by atoms with Gasteiger partial charge in [0.15, 0.2) is 0 Å². The second kappa shape index (κ2) is 9.48. The van der Waals surface area contributed by atoms with Gasteiger partial charge in [-0.2, -0.15) is 0 Å². The predicted octanol–water partition coefficient (Wildman–Crippen LogP) is 6.93. The monoisotopic (exact) mass is 460 g/mol. The van der Waals surface area contributed by atoms with Gasteiger partial charge >= 0.3 is 0 Å². The average molecular weight is 461 g/mol. The van der Waals surface area contributed by atoms with Crippen molar-refractivity contribution in [3.05, 3.63) is 52.6 Å². The molecule has 1 aliphatic carbocycles. The van der Waals surface area contributed by atoms with E-state index in [1.54, 1.807) is 13.3 Å². The molecule has 3 rings (SSSR count). The molecule has 1 aromatic heterocycles. The Bertz CT molecular complexity index is 789. The Morgan fingerprint density at radius 1 is 1.10 bits per heavy atom. The molecule has 1 aromatic carbocycles. The van der Waals surface area contributed by atoms with Crippen molar-refractivity contribution < 1.29 is 9.57 Å². The predicted molar refractivity (Wildman–Crippen MR) is 122 cm³/mol. The van der Waals surface area contributed by atoms with E-state index in [9.17, 15) is 0 Å². The molecule has 158 valence electrons. The highest BCUT2D eigenvalue weighted by atomic mass is 79.9. The van der Waals surface area contributed by atoms with Gasteiger partial charge in [-0.3, -0.25) is 4.84 Å². The molecule has 1 heterocycles. The summed E-state index contributed by atoms with van der Waals surface area (Å²) in [4.78, 5) is 11.0. The van der Waals surface area contributed by atoms with E-state index in [1.807, 2.05) is 12.1 Å². The molecule has 1 fully saturated rings. The molecule has 1 saturated carbocycles. The lowest BCUT2D eigenvalue weighted by Crippen LogP contribution is -2.59. The zero-order valence-electron chi connectivity index (χ0n) is 18.1. The molecule has 0 unspecified atom stereocenters. The molecular formula is C24H33BrN2O2. The Labute approximate surface area is 183 Å². The summed E-state index contributed by atoms with van der Waals surface area (Å²) in [7, 11) is 1.65. The lowest BCUT2D eigenvalue weighted by molar-refractivity contribution is -0.0341. The lowest BCUT2D eigenvalue weighted by atomic mass is 9.63. The number of hydroxylamine groups is 1. The van der Waals surface area contributed by atoms with E-state index in [4.69, 9.17) is 9.57 Å². The van der Waals surface area contributed by atoms with Gasteiger partial charge in [-0.05, 0) is 52.2 Å². The smallest absolute Gasteiger partial charge is 0.229 e. The Hall–Kier alpha value is -1.59. The van der Waals surface area contributed by atoms with E-state index < -0.39 is 0 Å². The molecule has 0 N–H and O–H groups in total. The summed E-state index contributed by atoms with van der Waals surface area (Å²) in [5.41, 5.74) is 2.13. The maximum absolute atomic E-state index is 6.65. The summed E-state index contributed by atoms with van der Waals surface area (Å²) in [6.07, 6.45) is 8.82. The second-order valence-electron chi connectivity index (χ2n) is 8.54. The number of hydrogen-bond donors (Lipinski definition) is 0. The molecule has 0 aliphatic heterocycles. The van der Waals surface area contributed by atoms with Crippen molar-refractivity contribution in [1.29, 1.82) is 0 Å². The maximum atomic E-state index is 6.65. The molecule has 0 spiro atoms. The highest BCUT2D eigenvalue weighted by Gasteiger charge is 2.50. The van der Waals surface area contributed by atoms with Crippen LogP contribution in [0.25, 0.3) is 0 Å².